The SMILES string of the molecule is CC(C)(O)CNc1ccnc(Cl)c1. The van der Waals surface area contributed by atoms with Gasteiger partial charge < -0.3 is 10.4 Å². The topological polar surface area (TPSA) is 45.1 Å². The van der Waals surface area contributed by atoms with E-state index in [4.69, 9.17) is 11.6 Å². The Hall–Kier alpha value is -0.800. The van der Waals surface area contributed by atoms with Crippen LogP contribution in [0.1, 0.15) is 13.8 Å². The van der Waals surface area contributed by atoms with E-state index in [2.05, 4.69) is 10.3 Å². The molecule has 0 spiro atoms. The molecule has 1 heterocycles. The predicted molar refractivity (Wildman–Crippen MR) is 54.0 cm³/mol. The Bertz CT molecular complexity index is 283. The minimum Gasteiger partial charge on any atom is -0.389 e. The minimum atomic E-state index is -0.726. The van der Waals surface area contributed by atoms with Crippen LogP contribution in [-0.4, -0.2) is 22.2 Å². The van der Waals surface area contributed by atoms with Crippen molar-refractivity contribution in [2.75, 3.05) is 11.9 Å². The third-order valence-electron chi connectivity index (χ3n) is 1.45. The molecule has 0 amide bonds. The van der Waals surface area contributed by atoms with Gasteiger partial charge >= 0.3 is 0 Å². The largest absolute Gasteiger partial charge is 0.389 e. The quantitative estimate of drug-likeness (QED) is 0.733. The summed E-state index contributed by atoms with van der Waals surface area (Å²) in [6.07, 6.45) is 1.62. The highest BCUT2D eigenvalue weighted by Crippen LogP contribution is 2.12. The van der Waals surface area contributed by atoms with Crippen LogP contribution in [0.5, 0.6) is 0 Å². The van der Waals surface area contributed by atoms with Crippen LogP contribution in [0.2, 0.25) is 5.15 Å². The molecule has 4 heteroatoms. The lowest BCUT2D eigenvalue weighted by Crippen LogP contribution is -2.29. The Morgan fingerprint density at radius 3 is 2.85 bits per heavy atom. The van der Waals surface area contributed by atoms with Crippen LogP contribution in [0, 0.1) is 0 Å². The Balaban J connectivity index is 2.55. The second-order valence-corrected chi connectivity index (χ2v) is 3.92. The number of hydrogen-bond donors (Lipinski definition) is 2. The number of aromatic nitrogens is 1. The van der Waals surface area contributed by atoms with Crippen molar-refractivity contribution in [3.8, 4) is 0 Å². The van der Waals surface area contributed by atoms with E-state index < -0.39 is 5.60 Å². The van der Waals surface area contributed by atoms with E-state index in [1.165, 1.54) is 0 Å². The summed E-state index contributed by atoms with van der Waals surface area (Å²) in [7, 11) is 0. The van der Waals surface area contributed by atoms with Crippen molar-refractivity contribution in [2.24, 2.45) is 0 Å². The van der Waals surface area contributed by atoms with Crippen LogP contribution >= 0.6 is 11.6 Å². The van der Waals surface area contributed by atoms with Gasteiger partial charge in [-0.25, -0.2) is 4.98 Å². The maximum atomic E-state index is 9.44. The van der Waals surface area contributed by atoms with Gasteiger partial charge in [-0.2, -0.15) is 0 Å². The van der Waals surface area contributed by atoms with E-state index in [1.807, 2.05) is 0 Å². The first-order valence-electron chi connectivity index (χ1n) is 4.05. The average molecular weight is 201 g/mol. The number of nitrogens with zero attached hydrogens (tertiary/aromatic N) is 1. The molecule has 1 rings (SSSR count). The highest BCUT2D eigenvalue weighted by molar-refractivity contribution is 6.29. The van der Waals surface area contributed by atoms with Gasteiger partial charge in [0.15, 0.2) is 0 Å². The van der Waals surface area contributed by atoms with Gasteiger partial charge in [-0.15, -0.1) is 0 Å². The summed E-state index contributed by atoms with van der Waals surface area (Å²) in [6, 6.07) is 3.52. The van der Waals surface area contributed by atoms with Crippen molar-refractivity contribution >= 4 is 17.3 Å². The number of nitrogens with one attached hydrogen (secondary N) is 1. The predicted octanol–water partition coefficient (Wildman–Crippen LogP) is 1.92. The van der Waals surface area contributed by atoms with Crippen LogP contribution in [-0.2, 0) is 0 Å². The minimum absolute atomic E-state index is 0.445. The van der Waals surface area contributed by atoms with Gasteiger partial charge in [0, 0.05) is 18.4 Å². The van der Waals surface area contributed by atoms with Crippen LogP contribution in [0.15, 0.2) is 18.3 Å². The molecule has 0 saturated heterocycles. The fraction of sp³-hybridized carbons (Fsp3) is 0.444. The molecule has 0 fully saturated rings. The molecule has 2 N–H and O–H groups in total. The van der Waals surface area contributed by atoms with Gasteiger partial charge in [-0.3, -0.25) is 0 Å². The van der Waals surface area contributed by atoms with Crippen molar-refractivity contribution in [3.63, 3.8) is 0 Å². The Labute approximate surface area is 82.8 Å². The zero-order valence-electron chi connectivity index (χ0n) is 7.71. The molecule has 0 radical (unpaired) electrons. The molecule has 72 valence electrons. The fourth-order valence-electron chi connectivity index (χ4n) is 0.831. The highest BCUT2D eigenvalue weighted by atomic mass is 35.5. The van der Waals surface area contributed by atoms with E-state index in [1.54, 1.807) is 32.2 Å². The molecule has 3 nitrogen and oxygen atoms in total. The highest BCUT2D eigenvalue weighted by Gasteiger charge is 2.11. The van der Waals surface area contributed by atoms with E-state index in [-0.39, 0.29) is 0 Å². The molecule has 0 aromatic carbocycles. The van der Waals surface area contributed by atoms with E-state index in [9.17, 15) is 5.11 Å². The van der Waals surface area contributed by atoms with Gasteiger partial charge in [0.05, 0.1) is 5.60 Å². The summed E-state index contributed by atoms with van der Waals surface area (Å²) in [5.74, 6) is 0. The molecule has 1 aromatic rings. The number of anilines is 1. The smallest absolute Gasteiger partial charge is 0.131 e. The summed E-state index contributed by atoms with van der Waals surface area (Å²) in [4.78, 5) is 3.85. The van der Waals surface area contributed by atoms with Crippen LogP contribution in [0.3, 0.4) is 0 Å². The fourth-order valence-corrected chi connectivity index (χ4v) is 1.00. The van der Waals surface area contributed by atoms with Crippen molar-refractivity contribution in [1.29, 1.82) is 0 Å². The molecule has 13 heavy (non-hydrogen) atoms. The Kier molecular flexibility index (Phi) is 3.12. The molecule has 0 saturated carbocycles. The molecular weight excluding hydrogens is 188 g/mol. The molecule has 0 atom stereocenters. The van der Waals surface area contributed by atoms with Gasteiger partial charge in [-0.1, -0.05) is 11.6 Å². The Morgan fingerprint density at radius 1 is 1.62 bits per heavy atom. The summed E-state index contributed by atoms with van der Waals surface area (Å²) >= 11 is 5.68. The molecule has 0 bridgehead atoms. The first-order chi connectivity index (χ1) is 5.97. The third kappa shape index (κ3) is 4.10. The number of pyridine rings is 1. The van der Waals surface area contributed by atoms with Crippen LogP contribution in [0.4, 0.5) is 5.69 Å². The summed E-state index contributed by atoms with van der Waals surface area (Å²) < 4.78 is 0. The first-order valence-corrected chi connectivity index (χ1v) is 4.43. The Morgan fingerprint density at radius 2 is 2.31 bits per heavy atom. The lowest BCUT2D eigenvalue weighted by Gasteiger charge is -2.18. The second-order valence-electron chi connectivity index (χ2n) is 3.53. The van der Waals surface area contributed by atoms with Crippen molar-refractivity contribution < 1.29 is 5.11 Å². The maximum absolute atomic E-state index is 9.44. The van der Waals surface area contributed by atoms with Gasteiger partial charge in [0.2, 0.25) is 0 Å². The molecular formula is C9H13ClN2O. The lowest BCUT2D eigenvalue weighted by molar-refractivity contribution is 0.0945. The van der Waals surface area contributed by atoms with Gasteiger partial charge in [0.1, 0.15) is 5.15 Å². The van der Waals surface area contributed by atoms with Crippen molar-refractivity contribution in [3.05, 3.63) is 23.5 Å². The molecule has 0 aliphatic carbocycles. The average Bonchev–Trinajstić information content (AvgIpc) is 2.00. The number of halogens is 1. The third-order valence-corrected chi connectivity index (χ3v) is 1.66. The van der Waals surface area contributed by atoms with Crippen LogP contribution in [0.25, 0.3) is 0 Å². The van der Waals surface area contributed by atoms with Crippen LogP contribution < -0.4 is 5.32 Å². The second kappa shape index (κ2) is 3.94. The molecule has 0 aliphatic rings. The van der Waals surface area contributed by atoms with Gasteiger partial charge in [0.25, 0.3) is 0 Å². The normalized spacial score (nSPS) is 11.4. The maximum Gasteiger partial charge on any atom is 0.131 e. The molecule has 0 aliphatic heterocycles. The first kappa shape index (κ1) is 10.3. The monoisotopic (exact) mass is 200 g/mol. The van der Waals surface area contributed by atoms with Gasteiger partial charge in [-0.05, 0) is 26.0 Å². The standard InChI is InChI=1S/C9H13ClN2O/c1-9(2,13)6-12-7-3-4-11-8(10)5-7/h3-5,13H,6H2,1-2H3,(H,11,12). The van der Waals surface area contributed by atoms with E-state index in [0.717, 1.165) is 5.69 Å². The number of aliphatic hydroxyl groups is 1. The lowest BCUT2D eigenvalue weighted by atomic mass is 10.1. The zero-order valence-corrected chi connectivity index (χ0v) is 8.47. The van der Waals surface area contributed by atoms with Crippen molar-refractivity contribution in [1.82, 2.24) is 4.98 Å². The van der Waals surface area contributed by atoms with E-state index >= 15 is 0 Å². The van der Waals surface area contributed by atoms with Crippen molar-refractivity contribution in [2.45, 2.75) is 19.4 Å². The summed E-state index contributed by atoms with van der Waals surface area (Å²) in [5.41, 5.74) is 0.137. The molecule has 0 unspecified atom stereocenters. The number of hydrogen-bond acceptors (Lipinski definition) is 3. The zero-order chi connectivity index (χ0) is 9.90. The van der Waals surface area contributed by atoms with E-state index in [0.29, 0.717) is 11.7 Å². The summed E-state index contributed by atoms with van der Waals surface area (Å²) in [6.45, 7) is 3.96. The number of rotatable bonds is 3. The summed E-state index contributed by atoms with van der Waals surface area (Å²) in [5, 5.41) is 12.9. The molecule has 1 aromatic heterocycles.